The average molecular weight is 182 g/mol. The molecule has 1 unspecified atom stereocenters. The van der Waals surface area contributed by atoms with E-state index in [9.17, 15) is 4.79 Å². The van der Waals surface area contributed by atoms with Crippen molar-refractivity contribution >= 4 is 5.91 Å². The number of carbonyl (C=O) groups excluding carboxylic acids is 1. The lowest BCUT2D eigenvalue weighted by Gasteiger charge is -2.23. The van der Waals surface area contributed by atoms with Gasteiger partial charge >= 0.3 is 0 Å². The van der Waals surface area contributed by atoms with Gasteiger partial charge in [0, 0.05) is 12.1 Å². The summed E-state index contributed by atoms with van der Waals surface area (Å²) in [6.07, 6.45) is 4.49. The summed E-state index contributed by atoms with van der Waals surface area (Å²) in [5.74, 6) is 0.471. The third-order valence-corrected chi connectivity index (χ3v) is 3.09. The minimum Gasteiger partial charge on any atom is -0.351 e. The fraction of sp³-hybridized carbons (Fsp3) is 0.900. The molecule has 0 aromatic carbocycles. The summed E-state index contributed by atoms with van der Waals surface area (Å²) in [6.45, 7) is 4.06. The van der Waals surface area contributed by atoms with E-state index in [2.05, 4.69) is 17.6 Å². The topological polar surface area (TPSA) is 41.1 Å². The van der Waals surface area contributed by atoms with Gasteiger partial charge in [-0.25, -0.2) is 0 Å². The zero-order chi connectivity index (χ0) is 9.31. The molecular weight excluding hydrogens is 164 g/mol. The van der Waals surface area contributed by atoms with Crippen LogP contribution in [0.1, 0.15) is 32.6 Å². The van der Waals surface area contributed by atoms with Gasteiger partial charge in [0.1, 0.15) is 0 Å². The highest BCUT2D eigenvalue weighted by molar-refractivity contribution is 5.80. The SMILES string of the molecule is CC1(NC(=O)C2CCCNC2)CC1. The molecule has 0 spiro atoms. The van der Waals surface area contributed by atoms with Gasteiger partial charge in [-0.3, -0.25) is 4.79 Å². The minimum atomic E-state index is 0.147. The van der Waals surface area contributed by atoms with Crippen LogP contribution in [0.5, 0.6) is 0 Å². The number of carbonyl (C=O) groups is 1. The molecule has 1 saturated heterocycles. The summed E-state index contributed by atoms with van der Waals surface area (Å²) < 4.78 is 0. The molecule has 0 aromatic rings. The van der Waals surface area contributed by atoms with Gasteiger partial charge in [0.05, 0.1) is 5.92 Å². The van der Waals surface area contributed by atoms with Crippen molar-refractivity contribution in [3.05, 3.63) is 0 Å². The second kappa shape index (κ2) is 3.29. The van der Waals surface area contributed by atoms with E-state index in [4.69, 9.17) is 0 Å². The maximum absolute atomic E-state index is 11.7. The van der Waals surface area contributed by atoms with Gasteiger partial charge in [0.25, 0.3) is 0 Å². The minimum absolute atomic E-state index is 0.147. The molecule has 3 heteroatoms. The van der Waals surface area contributed by atoms with Gasteiger partial charge in [-0.05, 0) is 39.2 Å². The third-order valence-electron chi connectivity index (χ3n) is 3.09. The molecule has 0 bridgehead atoms. The van der Waals surface area contributed by atoms with Crippen molar-refractivity contribution in [1.82, 2.24) is 10.6 Å². The van der Waals surface area contributed by atoms with E-state index in [0.717, 1.165) is 38.8 Å². The Balaban J connectivity index is 1.81. The smallest absolute Gasteiger partial charge is 0.224 e. The second-order valence-corrected chi connectivity index (χ2v) is 4.59. The van der Waals surface area contributed by atoms with Crippen molar-refractivity contribution in [2.75, 3.05) is 13.1 Å². The fourth-order valence-electron chi connectivity index (χ4n) is 1.79. The lowest BCUT2D eigenvalue weighted by molar-refractivity contribution is -0.126. The summed E-state index contributed by atoms with van der Waals surface area (Å²) in [6, 6.07) is 0. The van der Waals surface area contributed by atoms with Gasteiger partial charge in [0.15, 0.2) is 0 Å². The zero-order valence-corrected chi connectivity index (χ0v) is 8.23. The predicted molar refractivity (Wildman–Crippen MR) is 51.4 cm³/mol. The third kappa shape index (κ3) is 2.21. The largest absolute Gasteiger partial charge is 0.351 e. The van der Waals surface area contributed by atoms with Gasteiger partial charge in [-0.2, -0.15) is 0 Å². The van der Waals surface area contributed by atoms with Gasteiger partial charge < -0.3 is 10.6 Å². The molecule has 0 aromatic heterocycles. The molecule has 1 saturated carbocycles. The Labute approximate surface area is 79.3 Å². The standard InChI is InChI=1S/C10H18N2O/c1-10(4-5-10)12-9(13)8-3-2-6-11-7-8/h8,11H,2-7H2,1H3,(H,12,13). The van der Waals surface area contributed by atoms with Crippen LogP contribution in [0.4, 0.5) is 0 Å². The Bertz CT molecular complexity index is 205. The van der Waals surface area contributed by atoms with E-state index < -0.39 is 0 Å². The van der Waals surface area contributed by atoms with E-state index >= 15 is 0 Å². The Kier molecular flexibility index (Phi) is 2.28. The van der Waals surface area contributed by atoms with E-state index in [-0.39, 0.29) is 17.4 Å². The van der Waals surface area contributed by atoms with E-state index in [1.807, 2.05) is 0 Å². The van der Waals surface area contributed by atoms with Crippen molar-refractivity contribution in [3.8, 4) is 0 Å². The zero-order valence-electron chi connectivity index (χ0n) is 8.23. The molecular formula is C10H18N2O. The van der Waals surface area contributed by atoms with Crippen molar-refractivity contribution < 1.29 is 4.79 Å². The Hall–Kier alpha value is -0.570. The lowest BCUT2D eigenvalue weighted by Crippen LogP contribution is -2.44. The van der Waals surface area contributed by atoms with Crippen LogP contribution in [0.25, 0.3) is 0 Å². The quantitative estimate of drug-likeness (QED) is 0.658. The van der Waals surface area contributed by atoms with Gasteiger partial charge in [-0.1, -0.05) is 0 Å². The van der Waals surface area contributed by atoms with Crippen LogP contribution < -0.4 is 10.6 Å². The summed E-state index contributed by atoms with van der Waals surface area (Å²) >= 11 is 0. The molecule has 1 aliphatic heterocycles. The first-order valence-corrected chi connectivity index (χ1v) is 5.22. The number of nitrogens with one attached hydrogen (secondary N) is 2. The average Bonchev–Trinajstić information content (AvgIpc) is 2.85. The molecule has 74 valence electrons. The van der Waals surface area contributed by atoms with Crippen LogP contribution in [0.2, 0.25) is 0 Å². The molecule has 1 aliphatic carbocycles. The molecule has 2 N–H and O–H groups in total. The van der Waals surface area contributed by atoms with Crippen LogP contribution in [0.3, 0.4) is 0 Å². The van der Waals surface area contributed by atoms with Crippen molar-refractivity contribution in [3.63, 3.8) is 0 Å². The van der Waals surface area contributed by atoms with Crippen LogP contribution in [0, 0.1) is 5.92 Å². The summed E-state index contributed by atoms with van der Waals surface area (Å²) in [7, 11) is 0. The van der Waals surface area contributed by atoms with Crippen LogP contribution >= 0.6 is 0 Å². The maximum atomic E-state index is 11.7. The highest BCUT2D eigenvalue weighted by Crippen LogP contribution is 2.34. The Morgan fingerprint density at radius 1 is 1.54 bits per heavy atom. The van der Waals surface area contributed by atoms with Gasteiger partial charge in [-0.15, -0.1) is 0 Å². The molecule has 13 heavy (non-hydrogen) atoms. The first kappa shape index (κ1) is 9.00. The molecule has 1 atom stereocenters. The van der Waals surface area contributed by atoms with Crippen molar-refractivity contribution in [2.45, 2.75) is 38.1 Å². The molecule has 2 rings (SSSR count). The van der Waals surface area contributed by atoms with Crippen LogP contribution in [-0.4, -0.2) is 24.5 Å². The summed E-state index contributed by atoms with van der Waals surface area (Å²) in [5, 5.41) is 6.38. The second-order valence-electron chi connectivity index (χ2n) is 4.59. The van der Waals surface area contributed by atoms with E-state index in [0.29, 0.717) is 0 Å². The first-order chi connectivity index (χ1) is 6.20. The van der Waals surface area contributed by atoms with Gasteiger partial charge in [0.2, 0.25) is 5.91 Å². The molecule has 1 heterocycles. The summed E-state index contributed by atoms with van der Waals surface area (Å²) in [4.78, 5) is 11.7. The number of hydrogen-bond acceptors (Lipinski definition) is 2. The number of rotatable bonds is 2. The number of amides is 1. The lowest BCUT2D eigenvalue weighted by atomic mass is 9.98. The van der Waals surface area contributed by atoms with E-state index in [1.165, 1.54) is 0 Å². The number of hydrogen-bond donors (Lipinski definition) is 2. The first-order valence-electron chi connectivity index (χ1n) is 5.22. The predicted octanol–water partition coefficient (Wildman–Crippen LogP) is 0.655. The van der Waals surface area contributed by atoms with E-state index in [1.54, 1.807) is 0 Å². The molecule has 3 nitrogen and oxygen atoms in total. The Morgan fingerprint density at radius 2 is 2.31 bits per heavy atom. The molecule has 2 aliphatic rings. The highest BCUT2D eigenvalue weighted by atomic mass is 16.2. The fourth-order valence-corrected chi connectivity index (χ4v) is 1.79. The highest BCUT2D eigenvalue weighted by Gasteiger charge is 2.39. The maximum Gasteiger partial charge on any atom is 0.224 e. The number of piperidine rings is 1. The molecule has 1 amide bonds. The van der Waals surface area contributed by atoms with Crippen molar-refractivity contribution in [1.29, 1.82) is 0 Å². The Morgan fingerprint density at radius 3 is 2.85 bits per heavy atom. The summed E-state index contributed by atoms with van der Waals surface area (Å²) in [5.41, 5.74) is 0.147. The van der Waals surface area contributed by atoms with Crippen LogP contribution in [-0.2, 0) is 4.79 Å². The monoisotopic (exact) mass is 182 g/mol. The van der Waals surface area contributed by atoms with Crippen molar-refractivity contribution in [2.24, 2.45) is 5.92 Å². The molecule has 0 radical (unpaired) electrons. The normalized spacial score (nSPS) is 31.0. The molecule has 2 fully saturated rings. The van der Waals surface area contributed by atoms with Crippen LogP contribution in [0.15, 0.2) is 0 Å².